The number of rotatable bonds is 5. The largest absolute Gasteiger partial charge is 0.389 e. The molecule has 1 aromatic rings. The maximum atomic E-state index is 13.3. The van der Waals surface area contributed by atoms with Gasteiger partial charge in [0.15, 0.2) is 0 Å². The molecule has 0 radical (unpaired) electrons. The number of aliphatic hydroxyl groups is 1. The molecule has 1 saturated carbocycles. The highest BCUT2D eigenvalue weighted by Crippen LogP contribution is 2.29. The molecule has 1 aliphatic carbocycles. The maximum Gasteiger partial charge on any atom is 0.130 e. The van der Waals surface area contributed by atoms with Crippen molar-refractivity contribution in [2.24, 2.45) is 5.92 Å². The molecule has 2 heteroatoms. The molecular formula is C16H21FO. The predicted octanol–water partition coefficient (Wildman–Crippen LogP) is 4.17. The van der Waals surface area contributed by atoms with E-state index < -0.39 is 6.10 Å². The first-order valence-corrected chi connectivity index (χ1v) is 6.86. The van der Waals surface area contributed by atoms with Crippen LogP contribution < -0.4 is 0 Å². The Hall–Kier alpha value is -1.15. The van der Waals surface area contributed by atoms with Gasteiger partial charge in [-0.25, -0.2) is 4.39 Å². The van der Waals surface area contributed by atoms with Crippen LogP contribution in [0.25, 0.3) is 6.08 Å². The van der Waals surface area contributed by atoms with Gasteiger partial charge in [0, 0.05) is 5.56 Å². The van der Waals surface area contributed by atoms with Crippen molar-refractivity contribution in [3.63, 3.8) is 0 Å². The van der Waals surface area contributed by atoms with E-state index >= 15 is 0 Å². The smallest absolute Gasteiger partial charge is 0.130 e. The molecule has 0 spiro atoms. The van der Waals surface area contributed by atoms with Crippen molar-refractivity contribution in [1.29, 1.82) is 0 Å². The summed E-state index contributed by atoms with van der Waals surface area (Å²) in [7, 11) is 0. The van der Waals surface area contributed by atoms with Crippen LogP contribution in [0.2, 0.25) is 0 Å². The quantitative estimate of drug-likeness (QED) is 0.829. The number of aliphatic hydroxyl groups excluding tert-OH is 1. The van der Waals surface area contributed by atoms with Crippen molar-refractivity contribution < 1.29 is 9.50 Å². The Balaban J connectivity index is 1.79. The summed E-state index contributed by atoms with van der Waals surface area (Å²) in [5.74, 6) is 0.554. The first-order valence-electron chi connectivity index (χ1n) is 6.86. The number of hydrogen-bond acceptors (Lipinski definition) is 1. The third-order valence-electron chi connectivity index (χ3n) is 3.75. The third kappa shape index (κ3) is 3.95. The van der Waals surface area contributed by atoms with E-state index in [1.54, 1.807) is 30.4 Å². The van der Waals surface area contributed by atoms with E-state index in [1.807, 2.05) is 0 Å². The first-order chi connectivity index (χ1) is 8.75. The van der Waals surface area contributed by atoms with Gasteiger partial charge in [0.1, 0.15) is 5.82 Å². The molecule has 0 aromatic heterocycles. The summed E-state index contributed by atoms with van der Waals surface area (Å²) in [4.78, 5) is 0. The fourth-order valence-corrected chi connectivity index (χ4v) is 2.63. The molecule has 2 rings (SSSR count). The van der Waals surface area contributed by atoms with Crippen LogP contribution in [0.15, 0.2) is 30.3 Å². The van der Waals surface area contributed by atoms with Gasteiger partial charge in [0.05, 0.1) is 6.10 Å². The lowest BCUT2D eigenvalue weighted by Gasteiger charge is -2.10. The molecule has 0 aliphatic heterocycles. The van der Waals surface area contributed by atoms with Crippen LogP contribution in [-0.2, 0) is 0 Å². The van der Waals surface area contributed by atoms with Crippen LogP contribution in [0.1, 0.15) is 44.1 Å². The van der Waals surface area contributed by atoms with Gasteiger partial charge >= 0.3 is 0 Å². The van der Waals surface area contributed by atoms with Crippen molar-refractivity contribution in [2.75, 3.05) is 0 Å². The molecule has 1 aliphatic rings. The average molecular weight is 248 g/mol. The molecule has 1 nitrogen and oxygen atoms in total. The summed E-state index contributed by atoms with van der Waals surface area (Å²) >= 11 is 0. The molecule has 1 atom stereocenters. The monoisotopic (exact) mass is 248 g/mol. The zero-order valence-corrected chi connectivity index (χ0v) is 10.7. The Morgan fingerprint density at radius 1 is 1.28 bits per heavy atom. The Bertz CT molecular complexity index is 394. The van der Waals surface area contributed by atoms with E-state index in [1.165, 1.54) is 31.7 Å². The zero-order chi connectivity index (χ0) is 12.8. The highest BCUT2D eigenvalue weighted by atomic mass is 19.1. The summed E-state index contributed by atoms with van der Waals surface area (Å²) in [6, 6.07) is 6.62. The molecule has 1 fully saturated rings. The van der Waals surface area contributed by atoms with Gasteiger partial charge in [-0.05, 0) is 24.8 Å². The van der Waals surface area contributed by atoms with Crippen LogP contribution in [0, 0.1) is 11.7 Å². The molecular weight excluding hydrogens is 227 g/mol. The predicted molar refractivity (Wildman–Crippen MR) is 72.6 cm³/mol. The number of halogens is 1. The van der Waals surface area contributed by atoms with Crippen LogP contribution >= 0.6 is 0 Å². The fraction of sp³-hybridized carbons (Fsp3) is 0.500. The summed E-state index contributed by atoms with van der Waals surface area (Å²) in [6.07, 6.45) is 10.1. The normalized spacial score (nSPS) is 18.6. The summed E-state index contributed by atoms with van der Waals surface area (Å²) in [6.45, 7) is 0. The number of benzene rings is 1. The second-order valence-corrected chi connectivity index (χ2v) is 5.18. The van der Waals surface area contributed by atoms with Gasteiger partial charge in [0.25, 0.3) is 0 Å². The molecule has 18 heavy (non-hydrogen) atoms. The van der Waals surface area contributed by atoms with E-state index in [-0.39, 0.29) is 5.82 Å². The highest BCUT2D eigenvalue weighted by Gasteiger charge is 2.15. The van der Waals surface area contributed by atoms with Crippen LogP contribution in [0.5, 0.6) is 0 Å². The minimum Gasteiger partial charge on any atom is -0.389 e. The van der Waals surface area contributed by atoms with Crippen molar-refractivity contribution in [3.05, 3.63) is 41.7 Å². The molecule has 1 unspecified atom stereocenters. The van der Waals surface area contributed by atoms with Gasteiger partial charge in [-0.2, -0.15) is 0 Å². The third-order valence-corrected chi connectivity index (χ3v) is 3.75. The second-order valence-electron chi connectivity index (χ2n) is 5.18. The SMILES string of the molecule is OC(/C=C/c1ccccc1F)CCC1CCCC1. The lowest BCUT2D eigenvalue weighted by Crippen LogP contribution is -2.05. The van der Waals surface area contributed by atoms with Gasteiger partial charge in [-0.3, -0.25) is 0 Å². The Morgan fingerprint density at radius 2 is 2.00 bits per heavy atom. The van der Waals surface area contributed by atoms with Crippen LogP contribution in [0.3, 0.4) is 0 Å². The minimum atomic E-state index is -0.454. The molecule has 1 N–H and O–H groups in total. The second kappa shape index (κ2) is 6.69. The summed E-state index contributed by atoms with van der Waals surface area (Å²) in [5, 5.41) is 9.85. The van der Waals surface area contributed by atoms with Crippen molar-refractivity contribution in [3.8, 4) is 0 Å². The van der Waals surface area contributed by atoms with Crippen molar-refractivity contribution >= 4 is 6.08 Å². The van der Waals surface area contributed by atoms with E-state index in [0.717, 1.165) is 18.8 Å². The summed E-state index contributed by atoms with van der Waals surface area (Å²) in [5.41, 5.74) is 0.539. The van der Waals surface area contributed by atoms with Crippen LogP contribution in [0.4, 0.5) is 4.39 Å². The average Bonchev–Trinajstić information content (AvgIpc) is 2.88. The Morgan fingerprint density at radius 3 is 2.72 bits per heavy atom. The lowest BCUT2D eigenvalue weighted by molar-refractivity contribution is 0.201. The van der Waals surface area contributed by atoms with Gasteiger partial charge in [-0.1, -0.05) is 56.0 Å². The molecule has 0 saturated heterocycles. The van der Waals surface area contributed by atoms with Crippen molar-refractivity contribution in [2.45, 2.75) is 44.6 Å². The standard InChI is InChI=1S/C16H21FO/c17-16-8-4-3-7-14(16)10-12-15(18)11-9-13-5-1-2-6-13/h3-4,7-8,10,12-13,15,18H,1-2,5-6,9,11H2/b12-10+. The van der Waals surface area contributed by atoms with E-state index in [9.17, 15) is 9.50 Å². The van der Waals surface area contributed by atoms with E-state index in [0.29, 0.717) is 5.56 Å². The summed E-state index contributed by atoms with van der Waals surface area (Å²) < 4.78 is 13.3. The topological polar surface area (TPSA) is 20.2 Å². The zero-order valence-electron chi connectivity index (χ0n) is 10.7. The van der Waals surface area contributed by atoms with Gasteiger partial charge < -0.3 is 5.11 Å². The van der Waals surface area contributed by atoms with Gasteiger partial charge in [0.2, 0.25) is 0 Å². The van der Waals surface area contributed by atoms with Crippen molar-refractivity contribution in [1.82, 2.24) is 0 Å². The van der Waals surface area contributed by atoms with E-state index in [4.69, 9.17) is 0 Å². The Kier molecular flexibility index (Phi) is 4.94. The molecule has 0 heterocycles. The molecule has 1 aromatic carbocycles. The molecule has 0 bridgehead atoms. The van der Waals surface area contributed by atoms with E-state index in [2.05, 4.69) is 0 Å². The highest BCUT2D eigenvalue weighted by molar-refractivity contribution is 5.50. The molecule has 98 valence electrons. The van der Waals surface area contributed by atoms with Gasteiger partial charge in [-0.15, -0.1) is 0 Å². The fourth-order valence-electron chi connectivity index (χ4n) is 2.63. The maximum absolute atomic E-state index is 13.3. The Labute approximate surface area is 108 Å². The minimum absolute atomic E-state index is 0.239. The lowest BCUT2D eigenvalue weighted by atomic mass is 9.99. The first kappa shape index (κ1) is 13.3. The molecule has 0 amide bonds. The number of hydrogen-bond donors (Lipinski definition) is 1. The van der Waals surface area contributed by atoms with Crippen LogP contribution in [-0.4, -0.2) is 11.2 Å².